The maximum atomic E-state index is 4.47. The van der Waals surface area contributed by atoms with Gasteiger partial charge in [-0.05, 0) is 43.2 Å². The topological polar surface area (TPSA) is 29.9 Å². The minimum Gasteiger partial charge on any atom is -0.309 e. The first kappa shape index (κ1) is 17.2. The molecule has 0 aliphatic rings. The molecule has 1 aromatic rings. The highest BCUT2D eigenvalue weighted by atomic mass is 15.3. The van der Waals surface area contributed by atoms with Crippen molar-refractivity contribution in [3.63, 3.8) is 0 Å². The normalized spacial score (nSPS) is 15.3. The van der Waals surface area contributed by atoms with Crippen LogP contribution in [0.15, 0.2) is 12.3 Å². The van der Waals surface area contributed by atoms with Crippen molar-refractivity contribution in [3.05, 3.63) is 18.0 Å². The zero-order valence-corrected chi connectivity index (χ0v) is 14.2. The lowest BCUT2D eigenvalue weighted by Crippen LogP contribution is -2.26. The molecule has 0 aliphatic heterocycles. The van der Waals surface area contributed by atoms with Crippen molar-refractivity contribution < 1.29 is 0 Å². The maximum absolute atomic E-state index is 4.47. The second-order valence-corrected chi connectivity index (χ2v) is 7.20. The summed E-state index contributed by atoms with van der Waals surface area (Å²) >= 11 is 0. The van der Waals surface area contributed by atoms with Crippen molar-refractivity contribution in [2.24, 2.45) is 11.3 Å². The van der Waals surface area contributed by atoms with Crippen LogP contribution in [-0.4, -0.2) is 16.3 Å². The third kappa shape index (κ3) is 5.66. The van der Waals surface area contributed by atoms with Gasteiger partial charge in [-0.1, -0.05) is 41.5 Å². The summed E-state index contributed by atoms with van der Waals surface area (Å²) in [5.74, 6) is 0.712. The van der Waals surface area contributed by atoms with Crippen LogP contribution in [0, 0.1) is 11.3 Å². The van der Waals surface area contributed by atoms with Crippen LogP contribution in [0.1, 0.15) is 72.5 Å². The largest absolute Gasteiger partial charge is 0.309 e. The van der Waals surface area contributed by atoms with Crippen molar-refractivity contribution in [2.75, 3.05) is 6.54 Å². The van der Waals surface area contributed by atoms with Gasteiger partial charge in [0.2, 0.25) is 0 Å². The molecule has 1 rings (SSSR count). The zero-order valence-electron chi connectivity index (χ0n) is 14.2. The van der Waals surface area contributed by atoms with E-state index in [9.17, 15) is 0 Å². The van der Waals surface area contributed by atoms with Crippen molar-refractivity contribution in [1.29, 1.82) is 0 Å². The molecule has 0 spiro atoms. The molecule has 3 nitrogen and oxygen atoms in total. The molecule has 3 heteroatoms. The minimum atomic E-state index is 0.403. The maximum Gasteiger partial charge on any atom is 0.0553 e. The van der Waals surface area contributed by atoms with E-state index in [1.165, 1.54) is 18.5 Å². The number of rotatable bonds is 8. The lowest BCUT2D eigenvalue weighted by molar-refractivity contribution is 0.272. The second-order valence-electron chi connectivity index (χ2n) is 7.20. The van der Waals surface area contributed by atoms with Gasteiger partial charge in [0.1, 0.15) is 0 Å². The molecule has 1 N–H and O–H groups in total. The predicted octanol–water partition coefficient (Wildman–Crippen LogP) is 4.41. The van der Waals surface area contributed by atoms with Crippen molar-refractivity contribution in [3.8, 4) is 0 Å². The molecule has 2 unspecified atom stereocenters. The Labute approximate surface area is 125 Å². The van der Waals surface area contributed by atoms with Crippen LogP contribution in [0.2, 0.25) is 0 Å². The van der Waals surface area contributed by atoms with Crippen LogP contribution in [0.4, 0.5) is 0 Å². The van der Waals surface area contributed by atoms with Crippen LogP contribution in [0.5, 0.6) is 0 Å². The van der Waals surface area contributed by atoms with Crippen LogP contribution in [0.25, 0.3) is 0 Å². The van der Waals surface area contributed by atoms with E-state index < -0.39 is 0 Å². The molecule has 0 aliphatic carbocycles. The van der Waals surface area contributed by atoms with E-state index in [0.717, 1.165) is 19.5 Å². The van der Waals surface area contributed by atoms with Gasteiger partial charge in [0.05, 0.1) is 5.69 Å². The van der Waals surface area contributed by atoms with Crippen LogP contribution in [0.3, 0.4) is 0 Å². The highest BCUT2D eigenvalue weighted by Crippen LogP contribution is 2.30. The number of nitrogens with one attached hydrogen (secondary N) is 1. The summed E-state index contributed by atoms with van der Waals surface area (Å²) < 4.78 is 2.16. The Morgan fingerprint density at radius 1 is 1.30 bits per heavy atom. The van der Waals surface area contributed by atoms with Crippen molar-refractivity contribution in [1.82, 2.24) is 15.1 Å². The highest BCUT2D eigenvalue weighted by molar-refractivity contribution is 5.07. The molecule has 0 bridgehead atoms. The minimum absolute atomic E-state index is 0.403. The van der Waals surface area contributed by atoms with E-state index in [2.05, 4.69) is 62.7 Å². The van der Waals surface area contributed by atoms with E-state index in [1.54, 1.807) is 0 Å². The first-order chi connectivity index (χ1) is 9.37. The molecule has 0 saturated heterocycles. The molecule has 0 aromatic carbocycles. The van der Waals surface area contributed by atoms with Gasteiger partial charge in [0, 0.05) is 18.8 Å². The van der Waals surface area contributed by atoms with E-state index >= 15 is 0 Å². The number of aromatic nitrogens is 2. The number of hydrogen-bond donors (Lipinski definition) is 1. The average Bonchev–Trinajstić information content (AvgIpc) is 2.74. The fraction of sp³-hybridized carbons (Fsp3) is 0.824. The first-order valence-corrected chi connectivity index (χ1v) is 8.12. The van der Waals surface area contributed by atoms with E-state index in [-0.39, 0.29) is 0 Å². The molecular weight excluding hydrogens is 246 g/mol. The molecule has 1 heterocycles. The van der Waals surface area contributed by atoms with E-state index in [0.29, 0.717) is 17.4 Å². The van der Waals surface area contributed by atoms with Crippen LogP contribution >= 0.6 is 0 Å². The van der Waals surface area contributed by atoms with Gasteiger partial charge in [-0.25, -0.2) is 0 Å². The Kier molecular flexibility index (Phi) is 6.74. The summed E-state index contributed by atoms with van der Waals surface area (Å²) in [6.45, 7) is 15.8. The Morgan fingerprint density at radius 3 is 2.55 bits per heavy atom. The quantitative estimate of drug-likeness (QED) is 0.764. The molecule has 20 heavy (non-hydrogen) atoms. The fourth-order valence-electron chi connectivity index (χ4n) is 3.12. The molecule has 116 valence electrons. The number of hydrogen-bond acceptors (Lipinski definition) is 2. The SMILES string of the molecule is CCCn1nccc1C(CC(C)CC(C)(C)C)NCC. The third-order valence-corrected chi connectivity index (χ3v) is 3.59. The monoisotopic (exact) mass is 279 g/mol. The number of aryl methyl sites for hydroxylation is 1. The van der Waals surface area contributed by atoms with Crippen LogP contribution < -0.4 is 5.32 Å². The lowest BCUT2D eigenvalue weighted by Gasteiger charge is -2.27. The number of nitrogens with zero attached hydrogens (tertiary/aromatic N) is 2. The van der Waals surface area contributed by atoms with E-state index in [4.69, 9.17) is 0 Å². The van der Waals surface area contributed by atoms with Gasteiger partial charge >= 0.3 is 0 Å². The summed E-state index contributed by atoms with van der Waals surface area (Å²) in [4.78, 5) is 0. The van der Waals surface area contributed by atoms with Gasteiger partial charge in [0.25, 0.3) is 0 Å². The second kappa shape index (κ2) is 7.82. The lowest BCUT2D eigenvalue weighted by atomic mass is 9.82. The summed E-state index contributed by atoms with van der Waals surface area (Å²) in [5.41, 5.74) is 1.74. The summed E-state index contributed by atoms with van der Waals surface area (Å²) in [6.07, 6.45) is 5.51. The Balaban J connectivity index is 2.75. The summed E-state index contributed by atoms with van der Waals surface area (Å²) in [7, 11) is 0. The highest BCUT2D eigenvalue weighted by Gasteiger charge is 2.21. The molecule has 0 fully saturated rings. The zero-order chi connectivity index (χ0) is 15.2. The van der Waals surface area contributed by atoms with Crippen LogP contribution in [-0.2, 0) is 6.54 Å². The molecule has 0 radical (unpaired) electrons. The molecule has 1 aromatic heterocycles. The smallest absolute Gasteiger partial charge is 0.0553 e. The molecule has 2 atom stereocenters. The Hall–Kier alpha value is -0.830. The fourth-order valence-corrected chi connectivity index (χ4v) is 3.12. The van der Waals surface area contributed by atoms with Gasteiger partial charge in [0.15, 0.2) is 0 Å². The summed E-state index contributed by atoms with van der Waals surface area (Å²) in [5, 5.41) is 8.11. The first-order valence-electron chi connectivity index (χ1n) is 8.12. The predicted molar refractivity (Wildman–Crippen MR) is 86.8 cm³/mol. The Morgan fingerprint density at radius 2 is 2.00 bits per heavy atom. The van der Waals surface area contributed by atoms with Gasteiger partial charge < -0.3 is 5.32 Å². The molecule has 0 amide bonds. The summed E-state index contributed by atoms with van der Waals surface area (Å²) in [6, 6.07) is 2.60. The Bertz CT molecular complexity index is 376. The molecule has 0 saturated carbocycles. The molecular formula is C17H33N3. The van der Waals surface area contributed by atoms with Gasteiger partial charge in [-0.15, -0.1) is 0 Å². The van der Waals surface area contributed by atoms with E-state index in [1.807, 2.05) is 6.20 Å². The average molecular weight is 279 g/mol. The van der Waals surface area contributed by atoms with Crippen molar-refractivity contribution in [2.45, 2.75) is 73.4 Å². The third-order valence-electron chi connectivity index (χ3n) is 3.59. The van der Waals surface area contributed by atoms with Gasteiger partial charge in [-0.2, -0.15) is 5.10 Å². The van der Waals surface area contributed by atoms with Gasteiger partial charge in [-0.3, -0.25) is 4.68 Å². The van der Waals surface area contributed by atoms with Crippen molar-refractivity contribution >= 4 is 0 Å². The standard InChI is InChI=1S/C17H33N3/c1-7-11-20-16(9-10-19-20)15(18-8-2)12-14(3)13-17(4,5)6/h9-10,14-15,18H,7-8,11-13H2,1-6H3.